The minimum absolute atomic E-state index is 0.0311. The van der Waals surface area contributed by atoms with Gasteiger partial charge in [-0.25, -0.2) is 0 Å². The van der Waals surface area contributed by atoms with Crippen LogP contribution in [0.3, 0.4) is 0 Å². The summed E-state index contributed by atoms with van der Waals surface area (Å²) >= 11 is 0. The molecule has 0 N–H and O–H groups in total. The van der Waals surface area contributed by atoms with Gasteiger partial charge in [-0.05, 0) is 19.8 Å². The lowest BCUT2D eigenvalue weighted by atomic mass is 10.2. The number of likely N-dealkylation sites (tertiary alicyclic amines) is 1. The standard InChI is InChI=1S/C14H23N3O4/c1-4-12-15-13(16-21-12)11-6-5-7-17(11)14(18)10(2)20-9-8-19-3/h10-11H,4-9H2,1-3H3. The molecule has 2 unspecified atom stereocenters. The maximum Gasteiger partial charge on any atom is 0.252 e. The smallest absolute Gasteiger partial charge is 0.252 e. The third kappa shape index (κ3) is 3.79. The number of methoxy groups -OCH3 is 1. The van der Waals surface area contributed by atoms with E-state index in [9.17, 15) is 4.79 Å². The van der Waals surface area contributed by atoms with E-state index in [1.165, 1.54) is 0 Å². The Bertz CT molecular complexity index is 463. The number of hydrogen-bond donors (Lipinski definition) is 0. The lowest BCUT2D eigenvalue weighted by Gasteiger charge is -2.25. The average molecular weight is 297 g/mol. The summed E-state index contributed by atoms with van der Waals surface area (Å²) in [6.45, 7) is 5.31. The van der Waals surface area contributed by atoms with Crippen LogP contribution in [0.15, 0.2) is 4.52 Å². The summed E-state index contributed by atoms with van der Waals surface area (Å²) in [4.78, 5) is 18.6. The number of carbonyl (C=O) groups excluding carboxylic acids is 1. The first-order chi connectivity index (χ1) is 10.2. The third-order valence-electron chi connectivity index (χ3n) is 3.62. The predicted octanol–water partition coefficient (Wildman–Crippen LogP) is 1.35. The van der Waals surface area contributed by atoms with Crippen molar-refractivity contribution < 1.29 is 18.8 Å². The van der Waals surface area contributed by atoms with E-state index in [4.69, 9.17) is 14.0 Å². The molecule has 7 nitrogen and oxygen atoms in total. The Hall–Kier alpha value is -1.47. The number of rotatable bonds is 7. The van der Waals surface area contributed by atoms with Gasteiger partial charge in [-0.1, -0.05) is 12.1 Å². The van der Waals surface area contributed by atoms with Crippen LogP contribution in [0.4, 0.5) is 0 Å². The second-order valence-electron chi connectivity index (χ2n) is 5.10. The molecule has 0 bridgehead atoms. The number of ether oxygens (including phenoxy) is 2. The number of carbonyl (C=O) groups is 1. The Morgan fingerprint density at radius 3 is 3.00 bits per heavy atom. The third-order valence-corrected chi connectivity index (χ3v) is 3.62. The van der Waals surface area contributed by atoms with Gasteiger partial charge >= 0.3 is 0 Å². The van der Waals surface area contributed by atoms with Gasteiger partial charge in [-0.15, -0.1) is 0 Å². The Morgan fingerprint density at radius 1 is 1.52 bits per heavy atom. The highest BCUT2D eigenvalue weighted by molar-refractivity contribution is 5.81. The Labute approximate surface area is 124 Å². The maximum atomic E-state index is 12.5. The summed E-state index contributed by atoms with van der Waals surface area (Å²) in [6.07, 6.45) is 2.01. The molecule has 1 amide bonds. The molecule has 1 aromatic heterocycles. The molecule has 1 aromatic rings. The average Bonchev–Trinajstić information content (AvgIpc) is 3.14. The molecule has 1 fully saturated rings. The fraction of sp³-hybridized carbons (Fsp3) is 0.786. The van der Waals surface area contributed by atoms with Gasteiger partial charge in [0.25, 0.3) is 5.91 Å². The first-order valence-corrected chi connectivity index (χ1v) is 7.40. The molecule has 118 valence electrons. The topological polar surface area (TPSA) is 77.7 Å². The van der Waals surface area contributed by atoms with Crippen LogP contribution in [0.5, 0.6) is 0 Å². The Morgan fingerprint density at radius 2 is 2.33 bits per heavy atom. The van der Waals surface area contributed by atoms with E-state index < -0.39 is 6.10 Å². The van der Waals surface area contributed by atoms with Gasteiger partial charge in [0, 0.05) is 20.1 Å². The van der Waals surface area contributed by atoms with Gasteiger partial charge in [0.15, 0.2) is 5.82 Å². The molecule has 21 heavy (non-hydrogen) atoms. The van der Waals surface area contributed by atoms with Gasteiger partial charge in [-0.3, -0.25) is 4.79 Å². The van der Waals surface area contributed by atoms with Crippen LogP contribution < -0.4 is 0 Å². The van der Waals surface area contributed by atoms with Gasteiger partial charge in [0.2, 0.25) is 5.89 Å². The van der Waals surface area contributed by atoms with Crippen LogP contribution in [-0.4, -0.2) is 53.9 Å². The molecule has 0 aromatic carbocycles. The van der Waals surface area contributed by atoms with Crippen molar-refractivity contribution >= 4 is 5.91 Å². The number of aryl methyl sites for hydroxylation is 1. The quantitative estimate of drug-likeness (QED) is 0.707. The minimum atomic E-state index is -0.488. The van der Waals surface area contributed by atoms with Crippen molar-refractivity contribution in [1.29, 1.82) is 0 Å². The van der Waals surface area contributed by atoms with Crippen molar-refractivity contribution in [2.75, 3.05) is 26.9 Å². The zero-order valence-corrected chi connectivity index (χ0v) is 12.9. The number of amides is 1. The molecule has 0 radical (unpaired) electrons. The van der Waals surface area contributed by atoms with Crippen molar-refractivity contribution in [1.82, 2.24) is 15.0 Å². The molecule has 7 heteroatoms. The van der Waals surface area contributed by atoms with E-state index >= 15 is 0 Å². The van der Waals surface area contributed by atoms with E-state index in [0.29, 0.717) is 37.9 Å². The number of hydrogen-bond acceptors (Lipinski definition) is 6. The highest BCUT2D eigenvalue weighted by Crippen LogP contribution is 2.30. The molecule has 0 aliphatic carbocycles. The molecule has 1 aliphatic heterocycles. The SMILES string of the molecule is CCc1nc(C2CCCN2C(=O)C(C)OCCOC)no1. The van der Waals surface area contributed by atoms with Gasteiger partial charge in [0.05, 0.1) is 19.3 Å². The molecule has 1 aliphatic rings. The summed E-state index contributed by atoms with van der Waals surface area (Å²) in [7, 11) is 1.61. The Kier molecular flexibility index (Phi) is 5.69. The van der Waals surface area contributed by atoms with Crippen molar-refractivity contribution in [3.05, 3.63) is 11.7 Å². The minimum Gasteiger partial charge on any atom is -0.382 e. The molecule has 2 heterocycles. The lowest BCUT2D eigenvalue weighted by molar-refractivity contribution is -0.144. The highest BCUT2D eigenvalue weighted by Gasteiger charge is 2.35. The van der Waals surface area contributed by atoms with E-state index in [2.05, 4.69) is 10.1 Å². The second-order valence-corrected chi connectivity index (χ2v) is 5.10. The molecule has 2 rings (SSSR count). The lowest BCUT2D eigenvalue weighted by Crippen LogP contribution is -2.39. The van der Waals surface area contributed by atoms with Gasteiger partial charge < -0.3 is 18.9 Å². The predicted molar refractivity (Wildman–Crippen MR) is 74.7 cm³/mol. The zero-order valence-electron chi connectivity index (χ0n) is 12.9. The summed E-state index contributed by atoms with van der Waals surface area (Å²) in [5.74, 6) is 1.17. The van der Waals surface area contributed by atoms with Crippen LogP contribution in [0.25, 0.3) is 0 Å². The summed E-state index contributed by atoms with van der Waals surface area (Å²) in [5, 5.41) is 4.00. The second kappa shape index (κ2) is 7.51. The van der Waals surface area contributed by atoms with Crippen molar-refractivity contribution in [3.8, 4) is 0 Å². The summed E-state index contributed by atoms with van der Waals surface area (Å²) in [5.41, 5.74) is 0. The number of aromatic nitrogens is 2. The van der Waals surface area contributed by atoms with E-state index in [0.717, 1.165) is 12.8 Å². The normalized spacial score (nSPS) is 20.0. The molecular weight excluding hydrogens is 274 g/mol. The van der Waals surface area contributed by atoms with Crippen LogP contribution >= 0.6 is 0 Å². The molecule has 0 spiro atoms. The van der Waals surface area contributed by atoms with E-state index in [-0.39, 0.29) is 11.9 Å². The largest absolute Gasteiger partial charge is 0.382 e. The van der Waals surface area contributed by atoms with Crippen LogP contribution in [-0.2, 0) is 20.7 Å². The maximum absolute atomic E-state index is 12.5. The molecule has 1 saturated heterocycles. The van der Waals surface area contributed by atoms with E-state index in [1.807, 2.05) is 6.92 Å². The van der Waals surface area contributed by atoms with Gasteiger partial charge in [-0.2, -0.15) is 4.98 Å². The zero-order chi connectivity index (χ0) is 15.2. The van der Waals surface area contributed by atoms with Crippen molar-refractivity contribution in [3.63, 3.8) is 0 Å². The first kappa shape index (κ1) is 15.9. The summed E-state index contributed by atoms with van der Waals surface area (Å²) in [6, 6.07) is -0.102. The van der Waals surface area contributed by atoms with Crippen LogP contribution in [0.1, 0.15) is 44.4 Å². The highest BCUT2D eigenvalue weighted by atomic mass is 16.5. The molecular formula is C14H23N3O4. The number of nitrogens with zero attached hydrogens (tertiary/aromatic N) is 3. The fourth-order valence-electron chi connectivity index (χ4n) is 2.46. The van der Waals surface area contributed by atoms with E-state index in [1.54, 1.807) is 18.9 Å². The van der Waals surface area contributed by atoms with Crippen molar-refractivity contribution in [2.24, 2.45) is 0 Å². The van der Waals surface area contributed by atoms with Crippen LogP contribution in [0, 0.1) is 0 Å². The van der Waals surface area contributed by atoms with Gasteiger partial charge in [0.1, 0.15) is 6.10 Å². The monoisotopic (exact) mass is 297 g/mol. The van der Waals surface area contributed by atoms with Crippen LogP contribution in [0.2, 0.25) is 0 Å². The molecule has 0 saturated carbocycles. The summed E-state index contributed by atoms with van der Waals surface area (Å²) < 4.78 is 15.6. The molecule has 2 atom stereocenters. The fourth-order valence-corrected chi connectivity index (χ4v) is 2.46. The first-order valence-electron chi connectivity index (χ1n) is 7.40. The van der Waals surface area contributed by atoms with Crippen molar-refractivity contribution in [2.45, 2.75) is 45.3 Å². The Balaban J connectivity index is 1.98.